The number of amides is 1. The van der Waals surface area contributed by atoms with E-state index in [4.69, 9.17) is 9.47 Å². The quantitative estimate of drug-likeness (QED) is 0.531. The van der Waals surface area contributed by atoms with Crippen LogP contribution < -0.4 is 0 Å². The van der Waals surface area contributed by atoms with Crippen molar-refractivity contribution in [3.05, 3.63) is 54.1 Å². The van der Waals surface area contributed by atoms with Crippen LogP contribution in [-0.2, 0) is 19.9 Å². The number of hydrogen-bond acceptors (Lipinski definition) is 5. The Kier molecular flexibility index (Phi) is 6.57. The van der Waals surface area contributed by atoms with Crippen LogP contribution in [0, 0.1) is 0 Å². The number of rotatable bonds is 6. The first-order chi connectivity index (χ1) is 14.6. The van der Waals surface area contributed by atoms with Crippen LogP contribution in [0.15, 0.2) is 43.0 Å². The molecule has 6 nitrogen and oxygen atoms in total. The molecule has 0 aliphatic carbocycles. The number of aliphatic hydroxyl groups is 1. The summed E-state index contributed by atoms with van der Waals surface area (Å²) >= 11 is 0. The van der Waals surface area contributed by atoms with E-state index in [2.05, 4.69) is 26.2 Å². The maximum atomic E-state index is 12.8. The van der Waals surface area contributed by atoms with Crippen molar-refractivity contribution in [3.8, 4) is 0 Å². The minimum absolute atomic E-state index is 0.0365. The zero-order valence-electron chi connectivity index (χ0n) is 18.7. The molecule has 0 radical (unpaired) electrons. The summed E-state index contributed by atoms with van der Waals surface area (Å²) in [7, 11) is -0.0890. The fourth-order valence-corrected chi connectivity index (χ4v) is 4.56. The van der Waals surface area contributed by atoms with E-state index in [9.17, 15) is 14.7 Å². The number of ether oxygens (including phenoxy) is 2. The number of methoxy groups -OCH3 is 1. The largest absolute Gasteiger partial charge is 0.467 e. The molecule has 7 heteroatoms. The highest BCUT2D eigenvalue weighted by atomic mass is 28.3. The predicted octanol–water partition coefficient (Wildman–Crippen LogP) is 4.39. The van der Waals surface area contributed by atoms with Gasteiger partial charge in [0.25, 0.3) is 0 Å². The molecule has 1 N–H and O–H groups in total. The molecule has 1 saturated heterocycles. The zero-order valence-corrected chi connectivity index (χ0v) is 19.7. The molecule has 2 aromatic rings. The Morgan fingerprint density at radius 3 is 2.58 bits per heavy atom. The second-order valence-corrected chi connectivity index (χ2v) is 15.0. The number of hydrogen-bond donors (Lipinski definition) is 1. The Morgan fingerprint density at radius 2 is 1.94 bits per heavy atom. The van der Waals surface area contributed by atoms with Gasteiger partial charge in [-0.25, -0.2) is 9.59 Å². The predicted molar refractivity (Wildman–Crippen MR) is 125 cm³/mol. The lowest BCUT2D eigenvalue weighted by molar-refractivity contribution is -0.145. The molecular weight excluding hydrogens is 410 g/mol. The molecule has 0 unspecified atom stereocenters. The summed E-state index contributed by atoms with van der Waals surface area (Å²) in [5.74, 6) is -0.562. The number of esters is 1. The highest BCUT2D eigenvalue weighted by Gasteiger charge is 2.50. The SMILES string of the molecule is C=Cc1ccc2ccc([C@]3(O)C[C@@H](C(=O)OC)N(C(=O)OCC[Si](C)(C)C)C3)cc2c1. The highest BCUT2D eigenvalue weighted by Crippen LogP contribution is 2.38. The number of carbonyl (C=O) groups is 2. The van der Waals surface area contributed by atoms with Crippen LogP contribution in [0.3, 0.4) is 0 Å². The van der Waals surface area contributed by atoms with E-state index in [0.717, 1.165) is 22.4 Å². The van der Waals surface area contributed by atoms with Crippen LogP contribution in [0.25, 0.3) is 16.8 Å². The third-order valence-electron chi connectivity index (χ3n) is 5.76. The molecule has 1 heterocycles. The Morgan fingerprint density at radius 1 is 1.23 bits per heavy atom. The monoisotopic (exact) mass is 441 g/mol. The maximum Gasteiger partial charge on any atom is 0.410 e. The first-order valence-corrected chi connectivity index (χ1v) is 14.2. The molecule has 2 aromatic carbocycles. The van der Waals surface area contributed by atoms with Crippen LogP contribution >= 0.6 is 0 Å². The number of benzene rings is 2. The van der Waals surface area contributed by atoms with Crippen molar-refractivity contribution in [2.75, 3.05) is 20.3 Å². The number of likely N-dealkylation sites (tertiary alicyclic amines) is 1. The van der Waals surface area contributed by atoms with Gasteiger partial charge in [0.15, 0.2) is 0 Å². The Balaban J connectivity index is 1.87. The fraction of sp³-hybridized carbons (Fsp3) is 0.417. The second kappa shape index (κ2) is 8.84. The van der Waals surface area contributed by atoms with Gasteiger partial charge in [-0.05, 0) is 40.1 Å². The van der Waals surface area contributed by atoms with Gasteiger partial charge in [0, 0.05) is 14.5 Å². The number of β-amino-alcohol motifs (C(OH)–C–C–N with tert-alkyl or cyclic N) is 1. The Bertz CT molecular complexity index is 999. The van der Waals surface area contributed by atoms with Crippen LogP contribution in [0.1, 0.15) is 17.5 Å². The lowest BCUT2D eigenvalue weighted by atomic mass is 9.89. The molecule has 0 bridgehead atoms. The van der Waals surface area contributed by atoms with Gasteiger partial charge >= 0.3 is 12.1 Å². The molecule has 0 aromatic heterocycles. The first kappa shape index (κ1) is 23.0. The molecular formula is C24H31NO5Si. The minimum Gasteiger partial charge on any atom is -0.467 e. The standard InChI is InChI=1S/C24H31NO5Si/c1-6-17-7-8-18-9-10-20(14-19(18)13-17)24(28)15-21(22(26)29-2)25(16-24)23(27)30-11-12-31(3,4)5/h6-10,13-14,21,28H,1,11-12,15-16H2,2-5H3/t21-,24-/m0/s1. The van der Waals surface area contributed by atoms with Crippen LogP contribution in [0.5, 0.6) is 0 Å². The van der Waals surface area contributed by atoms with Crippen molar-refractivity contribution in [1.29, 1.82) is 0 Å². The van der Waals surface area contributed by atoms with E-state index in [1.54, 1.807) is 6.08 Å². The van der Waals surface area contributed by atoms with E-state index in [1.165, 1.54) is 12.0 Å². The van der Waals surface area contributed by atoms with Crippen LogP contribution in [-0.4, -0.2) is 56.4 Å². The summed E-state index contributed by atoms with van der Waals surface area (Å²) in [5.41, 5.74) is 0.241. The highest BCUT2D eigenvalue weighted by molar-refractivity contribution is 6.76. The van der Waals surface area contributed by atoms with Crippen molar-refractivity contribution in [2.24, 2.45) is 0 Å². The van der Waals surface area contributed by atoms with E-state index in [-0.39, 0.29) is 13.0 Å². The summed E-state index contributed by atoms with van der Waals surface area (Å²) in [6.07, 6.45) is 1.22. The fourth-order valence-electron chi connectivity index (χ4n) is 3.84. The van der Waals surface area contributed by atoms with Crippen molar-refractivity contribution in [1.82, 2.24) is 4.90 Å². The van der Waals surface area contributed by atoms with E-state index in [0.29, 0.717) is 12.2 Å². The number of carbonyl (C=O) groups excluding carboxylic acids is 2. The second-order valence-electron chi connectivity index (χ2n) is 9.35. The van der Waals surface area contributed by atoms with Crippen molar-refractivity contribution in [3.63, 3.8) is 0 Å². The van der Waals surface area contributed by atoms with Gasteiger partial charge in [0.1, 0.15) is 11.6 Å². The summed E-state index contributed by atoms with van der Waals surface area (Å²) in [6, 6.07) is 11.6. The smallest absolute Gasteiger partial charge is 0.410 e. The normalized spacial score (nSPS) is 21.2. The molecule has 1 aliphatic heterocycles. The van der Waals surface area contributed by atoms with Crippen molar-refractivity contribution in [2.45, 2.75) is 43.7 Å². The molecule has 2 atom stereocenters. The van der Waals surface area contributed by atoms with Crippen LogP contribution in [0.4, 0.5) is 4.79 Å². The third kappa shape index (κ3) is 5.17. The summed E-state index contributed by atoms with van der Waals surface area (Å²) in [4.78, 5) is 26.4. The molecule has 31 heavy (non-hydrogen) atoms. The van der Waals surface area contributed by atoms with Gasteiger partial charge in [0.2, 0.25) is 0 Å². The van der Waals surface area contributed by atoms with Crippen molar-refractivity contribution >= 4 is 37.0 Å². The zero-order chi connectivity index (χ0) is 22.8. The number of fused-ring (bicyclic) bond motifs is 1. The topological polar surface area (TPSA) is 76.1 Å². The van der Waals surface area contributed by atoms with E-state index < -0.39 is 31.8 Å². The van der Waals surface area contributed by atoms with Crippen molar-refractivity contribution < 1.29 is 24.2 Å². The average Bonchev–Trinajstić information content (AvgIpc) is 3.10. The molecule has 1 amide bonds. The molecule has 0 spiro atoms. The molecule has 3 rings (SSSR count). The number of nitrogens with zero attached hydrogens (tertiary/aromatic N) is 1. The molecule has 166 valence electrons. The Labute approximate surface area is 184 Å². The average molecular weight is 442 g/mol. The maximum absolute atomic E-state index is 12.8. The first-order valence-electron chi connectivity index (χ1n) is 10.5. The minimum atomic E-state index is -1.38. The van der Waals surface area contributed by atoms with Gasteiger partial charge < -0.3 is 14.6 Å². The van der Waals surface area contributed by atoms with Gasteiger partial charge in [-0.15, -0.1) is 0 Å². The van der Waals surface area contributed by atoms with E-state index in [1.807, 2.05) is 36.4 Å². The lowest BCUT2D eigenvalue weighted by Gasteiger charge is -2.25. The lowest BCUT2D eigenvalue weighted by Crippen LogP contribution is -2.42. The molecule has 1 aliphatic rings. The van der Waals surface area contributed by atoms with Crippen LogP contribution in [0.2, 0.25) is 25.7 Å². The Hall–Kier alpha value is -2.64. The van der Waals surface area contributed by atoms with Gasteiger partial charge in [-0.3, -0.25) is 4.90 Å². The van der Waals surface area contributed by atoms with Gasteiger partial charge in [0.05, 0.1) is 20.3 Å². The summed E-state index contributed by atoms with van der Waals surface area (Å²) in [6.45, 7) is 10.7. The summed E-state index contributed by atoms with van der Waals surface area (Å²) in [5, 5.41) is 13.5. The summed E-state index contributed by atoms with van der Waals surface area (Å²) < 4.78 is 10.3. The molecule has 0 saturated carbocycles. The van der Waals surface area contributed by atoms with Gasteiger partial charge in [-0.1, -0.05) is 56.6 Å². The van der Waals surface area contributed by atoms with Gasteiger partial charge in [-0.2, -0.15) is 0 Å². The third-order valence-corrected chi connectivity index (χ3v) is 7.47. The molecule has 1 fully saturated rings. The van der Waals surface area contributed by atoms with E-state index >= 15 is 0 Å².